The van der Waals surface area contributed by atoms with Crippen LogP contribution >= 0.6 is 0 Å². The molecule has 0 unspecified atom stereocenters. The molecule has 0 N–H and O–H groups in total. The molecule has 0 radical (unpaired) electrons. The second-order valence-electron chi connectivity index (χ2n) is 6.03. The number of aryl methyl sites for hydroxylation is 1. The number of esters is 1. The number of carbonyl (C=O) groups is 2. The second kappa shape index (κ2) is 8.33. The van der Waals surface area contributed by atoms with Gasteiger partial charge in [0.2, 0.25) is 0 Å². The van der Waals surface area contributed by atoms with E-state index in [9.17, 15) is 9.59 Å². The van der Waals surface area contributed by atoms with Crippen LogP contribution in [0.25, 0.3) is 0 Å². The minimum atomic E-state index is -0.368. The van der Waals surface area contributed by atoms with Crippen LogP contribution in [-0.2, 0) is 20.7 Å². The lowest BCUT2D eigenvalue weighted by molar-refractivity contribution is -0.152. The van der Waals surface area contributed by atoms with Crippen molar-refractivity contribution in [2.45, 2.75) is 32.6 Å². The number of nitrogens with zero attached hydrogens (tertiary/aromatic N) is 2. The summed E-state index contributed by atoms with van der Waals surface area (Å²) in [5.41, 5.74) is 1.56. The van der Waals surface area contributed by atoms with Gasteiger partial charge in [0.15, 0.2) is 6.61 Å². The Balaban J connectivity index is 1.68. The average Bonchev–Trinajstić information content (AvgIpc) is 2.59. The summed E-state index contributed by atoms with van der Waals surface area (Å²) < 4.78 is 5.07. The monoisotopic (exact) mass is 314 g/mol. The number of rotatable bonds is 5. The van der Waals surface area contributed by atoms with Crippen LogP contribution in [0.5, 0.6) is 0 Å². The van der Waals surface area contributed by atoms with Crippen LogP contribution in [0.2, 0.25) is 0 Å². The molecule has 5 heteroatoms. The van der Waals surface area contributed by atoms with Gasteiger partial charge in [0.05, 0.1) is 11.6 Å². The number of likely N-dealkylation sites (tertiary alicyclic amines) is 1. The van der Waals surface area contributed by atoms with Crippen molar-refractivity contribution in [1.29, 1.82) is 5.26 Å². The first-order valence-electron chi connectivity index (χ1n) is 8.01. The van der Waals surface area contributed by atoms with Crippen LogP contribution in [-0.4, -0.2) is 36.5 Å². The summed E-state index contributed by atoms with van der Waals surface area (Å²) in [5.74, 6) is 0.186. The molecule has 1 aliphatic heterocycles. The highest BCUT2D eigenvalue weighted by molar-refractivity contribution is 5.80. The maximum Gasteiger partial charge on any atom is 0.306 e. The van der Waals surface area contributed by atoms with Crippen molar-refractivity contribution in [2.24, 2.45) is 5.92 Å². The molecular weight excluding hydrogens is 292 g/mol. The van der Waals surface area contributed by atoms with Gasteiger partial charge in [-0.15, -0.1) is 0 Å². The largest absolute Gasteiger partial charge is 0.456 e. The molecule has 0 aromatic heterocycles. The van der Waals surface area contributed by atoms with Crippen molar-refractivity contribution in [3.63, 3.8) is 0 Å². The second-order valence-corrected chi connectivity index (χ2v) is 6.03. The molecule has 5 nitrogen and oxygen atoms in total. The molecule has 1 saturated heterocycles. The summed E-state index contributed by atoms with van der Waals surface area (Å²) in [6.07, 6.45) is 2.80. The average molecular weight is 314 g/mol. The Bertz CT molecular complexity index is 581. The number of carbonyl (C=O) groups excluding carboxylic acids is 2. The predicted molar refractivity (Wildman–Crippen MR) is 85.4 cm³/mol. The third-order valence-electron chi connectivity index (χ3n) is 4.19. The molecule has 23 heavy (non-hydrogen) atoms. The third-order valence-corrected chi connectivity index (χ3v) is 4.19. The highest BCUT2D eigenvalue weighted by atomic mass is 16.5. The topological polar surface area (TPSA) is 70.4 Å². The van der Waals surface area contributed by atoms with E-state index in [1.165, 1.54) is 0 Å². The minimum Gasteiger partial charge on any atom is -0.456 e. The number of ether oxygens (including phenoxy) is 1. The van der Waals surface area contributed by atoms with E-state index < -0.39 is 0 Å². The van der Waals surface area contributed by atoms with E-state index >= 15 is 0 Å². The molecular formula is C18H22N2O3. The van der Waals surface area contributed by atoms with E-state index in [4.69, 9.17) is 10.00 Å². The van der Waals surface area contributed by atoms with Crippen LogP contribution in [0.1, 0.15) is 37.3 Å². The number of hydrogen-bond acceptors (Lipinski definition) is 4. The summed E-state index contributed by atoms with van der Waals surface area (Å²) in [6, 6.07) is 9.15. The normalized spacial score (nSPS) is 15.0. The molecule has 1 aliphatic rings. The van der Waals surface area contributed by atoms with Gasteiger partial charge in [-0.3, -0.25) is 9.59 Å². The van der Waals surface area contributed by atoms with E-state index in [-0.39, 0.29) is 24.9 Å². The Kier molecular flexibility index (Phi) is 6.16. The lowest BCUT2D eigenvalue weighted by atomic mass is 9.99. The van der Waals surface area contributed by atoms with Gasteiger partial charge in [0.1, 0.15) is 0 Å². The molecule has 1 fully saturated rings. The Morgan fingerprint density at radius 1 is 1.26 bits per heavy atom. The maximum atomic E-state index is 12.0. The summed E-state index contributed by atoms with van der Waals surface area (Å²) in [7, 11) is 0. The van der Waals surface area contributed by atoms with Crippen molar-refractivity contribution in [3.8, 4) is 6.07 Å². The van der Waals surface area contributed by atoms with Gasteiger partial charge >= 0.3 is 5.97 Å². The molecule has 0 atom stereocenters. The van der Waals surface area contributed by atoms with E-state index in [1.807, 2.05) is 12.1 Å². The first kappa shape index (κ1) is 17.0. The van der Waals surface area contributed by atoms with Crippen LogP contribution in [0, 0.1) is 17.2 Å². The van der Waals surface area contributed by atoms with Gasteiger partial charge in [-0.05, 0) is 42.9 Å². The van der Waals surface area contributed by atoms with Crippen molar-refractivity contribution >= 4 is 11.9 Å². The van der Waals surface area contributed by atoms with E-state index in [2.05, 4.69) is 13.0 Å². The van der Waals surface area contributed by atoms with Crippen LogP contribution in [0.3, 0.4) is 0 Å². The highest BCUT2D eigenvalue weighted by Gasteiger charge is 2.21. The number of amides is 1. The lowest BCUT2D eigenvalue weighted by Gasteiger charge is -2.30. The van der Waals surface area contributed by atoms with E-state index in [0.29, 0.717) is 17.9 Å². The Morgan fingerprint density at radius 3 is 2.52 bits per heavy atom. The molecule has 0 bridgehead atoms. The maximum absolute atomic E-state index is 12.0. The molecule has 0 spiro atoms. The van der Waals surface area contributed by atoms with Gasteiger partial charge in [-0.2, -0.15) is 5.26 Å². The molecule has 2 rings (SSSR count). The van der Waals surface area contributed by atoms with Crippen molar-refractivity contribution in [1.82, 2.24) is 4.90 Å². The fourth-order valence-corrected chi connectivity index (χ4v) is 2.56. The van der Waals surface area contributed by atoms with Crippen molar-refractivity contribution < 1.29 is 14.3 Å². The lowest BCUT2D eigenvalue weighted by Crippen LogP contribution is -2.40. The number of nitriles is 1. The van der Waals surface area contributed by atoms with E-state index in [1.54, 1.807) is 17.0 Å². The zero-order valence-electron chi connectivity index (χ0n) is 13.5. The summed E-state index contributed by atoms with van der Waals surface area (Å²) >= 11 is 0. The Hall–Kier alpha value is -2.35. The van der Waals surface area contributed by atoms with Crippen molar-refractivity contribution in [3.05, 3.63) is 35.4 Å². The minimum absolute atomic E-state index is 0.108. The Morgan fingerprint density at radius 2 is 1.91 bits per heavy atom. The molecule has 1 aromatic rings. The summed E-state index contributed by atoms with van der Waals surface area (Å²) in [6.45, 7) is 3.52. The third kappa shape index (κ3) is 5.41. The molecule has 1 amide bonds. The Labute approximate surface area is 136 Å². The molecule has 1 aromatic carbocycles. The predicted octanol–water partition coefficient (Wildman–Crippen LogP) is 2.29. The summed E-state index contributed by atoms with van der Waals surface area (Å²) in [5, 5.41) is 8.73. The summed E-state index contributed by atoms with van der Waals surface area (Å²) in [4.78, 5) is 25.5. The number of benzene rings is 1. The first-order chi connectivity index (χ1) is 11.1. The molecule has 1 heterocycles. The SMILES string of the molecule is CC1CCN(C(=O)COC(=O)CCc2ccc(C#N)cc2)CC1. The fraction of sp³-hybridized carbons (Fsp3) is 0.500. The fourth-order valence-electron chi connectivity index (χ4n) is 2.56. The van der Waals surface area contributed by atoms with Crippen LogP contribution < -0.4 is 0 Å². The van der Waals surface area contributed by atoms with Gasteiger partial charge in [-0.25, -0.2) is 0 Å². The quantitative estimate of drug-likeness (QED) is 0.782. The van der Waals surface area contributed by atoms with Gasteiger partial charge < -0.3 is 9.64 Å². The van der Waals surface area contributed by atoms with Gasteiger partial charge in [0.25, 0.3) is 5.91 Å². The first-order valence-corrected chi connectivity index (χ1v) is 8.01. The zero-order valence-corrected chi connectivity index (χ0v) is 13.5. The number of piperidine rings is 1. The van der Waals surface area contributed by atoms with Crippen LogP contribution in [0.4, 0.5) is 0 Å². The van der Waals surface area contributed by atoms with Crippen LogP contribution in [0.15, 0.2) is 24.3 Å². The van der Waals surface area contributed by atoms with Gasteiger partial charge in [0, 0.05) is 19.5 Å². The van der Waals surface area contributed by atoms with E-state index in [0.717, 1.165) is 31.5 Å². The standard InChI is InChI=1S/C18H22N2O3/c1-14-8-10-20(11-9-14)17(21)13-23-18(22)7-6-15-2-4-16(12-19)5-3-15/h2-5,14H,6-11,13H2,1H3. The smallest absolute Gasteiger partial charge is 0.306 e. The molecule has 0 saturated carbocycles. The highest BCUT2D eigenvalue weighted by Crippen LogP contribution is 2.16. The molecule has 0 aliphatic carbocycles. The molecule has 122 valence electrons. The van der Waals surface area contributed by atoms with Crippen molar-refractivity contribution in [2.75, 3.05) is 19.7 Å². The zero-order chi connectivity index (χ0) is 16.7. The van der Waals surface area contributed by atoms with Gasteiger partial charge in [-0.1, -0.05) is 19.1 Å². The number of hydrogen-bond donors (Lipinski definition) is 0.